The van der Waals surface area contributed by atoms with Gasteiger partial charge in [-0.15, -0.1) is 0 Å². The van der Waals surface area contributed by atoms with E-state index in [1.54, 1.807) is 6.07 Å². The molecule has 18 heavy (non-hydrogen) atoms. The fourth-order valence-electron chi connectivity index (χ4n) is 2.09. The van der Waals surface area contributed by atoms with Crippen LogP contribution in [0.1, 0.15) is 12.0 Å². The highest BCUT2D eigenvalue weighted by atomic mass is 79.9. The summed E-state index contributed by atoms with van der Waals surface area (Å²) in [5, 5.41) is 10.5. The zero-order valence-corrected chi connectivity index (χ0v) is 11.2. The van der Waals surface area contributed by atoms with Crippen molar-refractivity contribution < 1.29 is 14.1 Å². The average molecular weight is 318 g/mol. The Labute approximate surface area is 112 Å². The summed E-state index contributed by atoms with van der Waals surface area (Å²) in [4.78, 5) is 10.2. The number of nitrogens with zero attached hydrogens (tertiary/aromatic N) is 1. The lowest BCUT2D eigenvalue weighted by molar-refractivity contribution is -0.387. The van der Waals surface area contributed by atoms with Crippen LogP contribution in [0.2, 0.25) is 0 Å². The zero-order valence-electron chi connectivity index (χ0n) is 9.64. The predicted molar refractivity (Wildman–Crippen MR) is 68.4 cm³/mol. The number of benzene rings is 1. The van der Waals surface area contributed by atoms with Gasteiger partial charge in [-0.25, -0.2) is 0 Å². The lowest BCUT2D eigenvalue weighted by Gasteiger charge is -2.27. The third-order valence-corrected chi connectivity index (χ3v) is 4.29. The van der Waals surface area contributed by atoms with Crippen molar-refractivity contribution >= 4 is 21.6 Å². The van der Waals surface area contributed by atoms with Gasteiger partial charge < -0.3 is 4.74 Å². The lowest BCUT2D eigenvalue weighted by atomic mass is 9.94. The van der Waals surface area contributed by atoms with Crippen LogP contribution in [0.4, 0.5) is 10.1 Å². The summed E-state index contributed by atoms with van der Waals surface area (Å²) in [5.41, 5.74) is 0.284. The van der Waals surface area contributed by atoms with Gasteiger partial charge in [-0.05, 0) is 30.4 Å². The van der Waals surface area contributed by atoms with E-state index in [1.165, 1.54) is 12.1 Å². The smallest absolute Gasteiger partial charge is 0.304 e. The van der Waals surface area contributed by atoms with Gasteiger partial charge in [0.15, 0.2) is 0 Å². The maximum absolute atomic E-state index is 13.5. The van der Waals surface area contributed by atoms with E-state index in [1.807, 2.05) is 0 Å². The molecule has 0 aromatic heterocycles. The highest BCUT2D eigenvalue weighted by molar-refractivity contribution is 9.09. The molecule has 98 valence electrons. The second kappa shape index (κ2) is 5.75. The molecule has 0 bridgehead atoms. The maximum atomic E-state index is 13.5. The SMILES string of the molecule is O=[N+]([O-])c1ccc(CC2COCCC2Br)cc1F. The fourth-order valence-corrected chi connectivity index (χ4v) is 2.61. The van der Waals surface area contributed by atoms with Crippen molar-refractivity contribution in [3.63, 3.8) is 0 Å². The Bertz CT molecular complexity index is 455. The highest BCUT2D eigenvalue weighted by Gasteiger charge is 2.24. The van der Waals surface area contributed by atoms with E-state index < -0.39 is 16.4 Å². The molecule has 1 aliphatic heterocycles. The molecule has 1 heterocycles. The van der Waals surface area contributed by atoms with Gasteiger partial charge in [-0.1, -0.05) is 22.0 Å². The predicted octanol–water partition coefficient (Wildman–Crippen LogP) is 3.08. The molecule has 1 fully saturated rings. The van der Waals surface area contributed by atoms with Crippen LogP contribution in [0, 0.1) is 21.8 Å². The third-order valence-electron chi connectivity index (χ3n) is 3.09. The molecule has 1 aromatic carbocycles. The Morgan fingerprint density at radius 3 is 2.94 bits per heavy atom. The van der Waals surface area contributed by atoms with Gasteiger partial charge in [0.05, 0.1) is 11.5 Å². The van der Waals surface area contributed by atoms with E-state index in [0.29, 0.717) is 17.9 Å². The van der Waals surface area contributed by atoms with Crippen molar-refractivity contribution in [1.82, 2.24) is 0 Å². The molecule has 1 saturated heterocycles. The quantitative estimate of drug-likeness (QED) is 0.489. The van der Waals surface area contributed by atoms with Crippen molar-refractivity contribution in [2.75, 3.05) is 13.2 Å². The van der Waals surface area contributed by atoms with E-state index in [2.05, 4.69) is 15.9 Å². The van der Waals surface area contributed by atoms with Gasteiger partial charge in [-0.3, -0.25) is 10.1 Å². The fraction of sp³-hybridized carbons (Fsp3) is 0.500. The van der Waals surface area contributed by atoms with Crippen molar-refractivity contribution in [3.05, 3.63) is 39.7 Å². The number of hydrogen-bond acceptors (Lipinski definition) is 3. The normalized spacial score (nSPS) is 23.9. The van der Waals surface area contributed by atoms with Crippen molar-refractivity contribution in [2.24, 2.45) is 5.92 Å². The van der Waals surface area contributed by atoms with Crippen LogP contribution in [0.3, 0.4) is 0 Å². The number of ether oxygens (including phenoxy) is 1. The first-order valence-electron chi connectivity index (χ1n) is 5.72. The molecule has 0 N–H and O–H groups in total. The molecule has 0 radical (unpaired) electrons. The van der Waals surface area contributed by atoms with Gasteiger partial charge in [-0.2, -0.15) is 4.39 Å². The standard InChI is InChI=1S/C12H13BrFNO3/c13-10-3-4-18-7-9(10)5-8-1-2-12(15(16)17)11(14)6-8/h1-2,6,9-10H,3-5,7H2. The summed E-state index contributed by atoms with van der Waals surface area (Å²) in [7, 11) is 0. The van der Waals surface area contributed by atoms with Crippen LogP contribution >= 0.6 is 15.9 Å². The summed E-state index contributed by atoms with van der Waals surface area (Å²) < 4.78 is 18.9. The number of nitro benzene ring substituents is 1. The van der Waals surface area contributed by atoms with Gasteiger partial charge in [0.25, 0.3) is 0 Å². The van der Waals surface area contributed by atoms with E-state index in [0.717, 1.165) is 18.6 Å². The topological polar surface area (TPSA) is 52.4 Å². The summed E-state index contributed by atoms with van der Waals surface area (Å²) in [6, 6.07) is 4.07. The molecule has 0 aliphatic carbocycles. The van der Waals surface area contributed by atoms with Crippen LogP contribution in [0.25, 0.3) is 0 Å². The molecule has 0 spiro atoms. The Kier molecular flexibility index (Phi) is 4.29. The highest BCUT2D eigenvalue weighted by Crippen LogP contribution is 2.27. The number of halogens is 2. The Morgan fingerprint density at radius 1 is 1.56 bits per heavy atom. The number of alkyl halides is 1. The van der Waals surface area contributed by atoms with Crippen LogP contribution < -0.4 is 0 Å². The maximum Gasteiger partial charge on any atom is 0.304 e. The summed E-state index contributed by atoms with van der Waals surface area (Å²) in [6.45, 7) is 1.37. The first kappa shape index (κ1) is 13.4. The Hall–Kier alpha value is -1.01. The molecular weight excluding hydrogens is 305 g/mol. The lowest BCUT2D eigenvalue weighted by Crippen LogP contribution is -2.29. The molecule has 2 unspecified atom stereocenters. The molecule has 4 nitrogen and oxygen atoms in total. The Morgan fingerprint density at radius 2 is 2.33 bits per heavy atom. The minimum atomic E-state index is -0.777. The molecule has 1 aromatic rings. The van der Waals surface area contributed by atoms with Gasteiger partial charge >= 0.3 is 5.69 Å². The van der Waals surface area contributed by atoms with E-state index in [4.69, 9.17) is 4.74 Å². The second-order valence-corrected chi connectivity index (χ2v) is 5.56. The molecular formula is C12H13BrFNO3. The van der Waals surface area contributed by atoms with Crippen molar-refractivity contribution in [3.8, 4) is 0 Å². The third kappa shape index (κ3) is 3.05. The first-order chi connectivity index (χ1) is 8.58. The van der Waals surface area contributed by atoms with E-state index >= 15 is 0 Å². The van der Waals surface area contributed by atoms with Crippen LogP contribution in [0.5, 0.6) is 0 Å². The average Bonchev–Trinajstić information content (AvgIpc) is 2.32. The van der Waals surface area contributed by atoms with Crippen molar-refractivity contribution in [1.29, 1.82) is 0 Å². The second-order valence-electron chi connectivity index (χ2n) is 4.39. The van der Waals surface area contributed by atoms with Crippen LogP contribution in [-0.2, 0) is 11.2 Å². The molecule has 6 heteroatoms. The van der Waals surface area contributed by atoms with Gasteiger partial charge in [0, 0.05) is 17.5 Å². The van der Waals surface area contributed by atoms with Crippen LogP contribution in [-0.4, -0.2) is 23.0 Å². The Balaban J connectivity index is 2.10. The first-order valence-corrected chi connectivity index (χ1v) is 6.64. The monoisotopic (exact) mass is 317 g/mol. The van der Waals surface area contributed by atoms with E-state index in [9.17, 15) is 14.5 Å². The zero-order chi connectivity index (χ0) is 13.1. The number of nitro groups is 1. The minimum absolute atomic E-state index is 0.277. The van der Waals surface area contributed by atoms with E-state index in [-0.39, 0.29) is 5.92 Å². The minimum Gasteiger partial charge on any atom is -0.381 e. The summed E-state index contributed by atoms with van der Waals surface area (Å²) >= 11 is 3.59. The molecule has 2 rings (SSSR count). The summed E-state index contributed by atoms with van der Waals surface area (Å²) in [5.74, 6) is -0.500. The largest absolute Gasteiger partial charge is 0.381 e. The number of rotatable bonds is 3. The summed E-state index contributed by atoms with van der Waals surface area (Å²) in [6.07, 6.45) is 1.59. The molecule has 2 atom stereocenters. The van der Waals surface area contributed by atoms with Crippen molar-refractivity contribution in [2.45, 2.75) is 17.7 Å². The molecule has 1 aliphatic rings. The molecule has 0 amide bonds. The number of hydrogen-bond donors (Lipinski definition) is 0. The van der Waals surface area contributed by atoms with Gasteiger partial charge in [0.2, 0.25) is 5.82 Å². The van der Waals surface area contributed by atoms with Crippen LogP contribution in [0.15, 0.2) is 18.2 Å². The molecule has 0 saturated carbocycles. The van der Waals surface area contributed by atoms with Gasteiger partial charge in [0.1, 0.15) is 0 Å².